The number of hydrogen-bond acceptors (Lipinski definition) is 4. The fourth-order valence-corrected chi connectivity index (χ4v) is 2.07. The van der Waals surface area contributed by atoms with Crippen LogP contribution in [0.3, 0.4) is 0 Å². The number of pyridine rings is 1. The highest BCUT2D eigenvalue weighted by Gasteiger charge is 2.21. The fourth-order valence-electron chi connectivity index (χ4n) is 2.07. The molecule has 0 bridgehead atoms. The molecule has 0 radical (unpaired) electrons. The summed E-state index contributed by atoms with van der Waals surface area (Å²) in [6.45, 7) is 5.68. The van der Waals surface area contributed by atoms with Crippen molar-refractivity contribution < 1.29 is 4.79 Å². The van der Waals surface area contributed by atoms with E-state index in [1.807, 2.05) is 30.5 Å². The summed E-state index contributed by atoms with van der Waals surface area (Å²) in [7, 11) is 0. The Bertz CT molecular complexity index is 579. The Labute approximate surface area is 124 Å². The first-order valence-corrected chi connectivity index (χ1v) is 7.03. The van der Waals surface area contributed by atoms with Gasteiger partial charge >= 0.3 is 0 Å². The third-order valence-corrected chi connectivity index (χ3v) is 3.20. The van der Waals surface area contributed by atoms with Gasteiger partial charge in [-0.05, 0) is 25.5 Å². The minimum Gasteiger partial charge on any atom is -0.335 e. The van der Waals surface area contributed by atoms with Gasteiger partial charge in [0.2, 0.25) is 0 Å². The van der Waals surface area contributed by atoms with E-state index in [0.717, 1.165) is 5.56 Å². The fraction of sp³-hybridized carbons (Fsp3) is 0.400. The molecule has 21 heavy (non-hydrogen) atoms. The van der Waals surface area contributed by atoms with Crippen LogP contribution < -0.4 is 5.73 Å². The van der Waals surface area contributed by atoms with Crippen LogP contribution in [0.4, 0.5) is 0 Å². The van der Waals surface area contributed by atoms with E-state index in [2.05, 4.69) is 9.97 Å². The van der Waals surface area contributed by atoms with E-state index in [-0.39, 0.29) is 11.9 Å². The van der Waals surface area contributed by atoms with E-state index in [4.69, 9.17) is 5.73 Å². The summed E-state index contributed by atoms with van der Waals surface area (Å²) in [6, 6.07) is 3.91. The summed E-state index contributed by atoms with van der Waals surface area (Å²) in [4.78, 5) is 22.7. The average molecular weight is 287 g/mol. The highest BCUT2D eigenvalue weighted by Crippen LogP contribution is 2.11. The Morgan fingerprint density at radius 3 is 2.90 bits per heavy atom. The summed E-state index contributed by atoms with van der Waals surface area (Å²) in [5.41, 5.74) is 6.95. The van der Waals surface area contributed by atoms with E-state index >= 15 is 0 Å². The standard InChI is InChI=1S/C15H21N5O/c1-12(2)20(9-13-4-3-6-17-8-13)15(21)14-10-19(7-5-16)11-18-14/h3-4,6,8,10-12H,5,7,9,16H2,1-2H3. The van der Waals surface area contributed by atoms with Crippen LogP contribution in [0, 0.1) is 0 Å². The molecule has 0 atom stereocenters. The first kappa shape index (κ1) is 15.2. The van der Waals surface area contributed by atoms with Gasteiger partial charge in [0.15, 0.2) is 0 Å². The van der Waals surface area contributed by atoms with Gasteiger partial charge in [0, 0.05) is 44.3 Å². The normalized spacial score (nSPS) is 10.9. The Morgan fingerprint density at radius 2 is 2.29 bits per heavy atom. The molecular formula is C15H21N5O. The highest BCUT2D eigenvalue weighted by atomic mass is 16.2. The second-order valence-corrected chi connectivity index (χ2v) is 5.17. The molecule has 0 aromatic carbocycles. The maximum absolute atomic E-state index is 12.6. The summed E-state index contributed by atoms with van der Waals surface area (Å²) in [6.07, 6.45) is 6.88. The molecule has 0 aliphatic heterocycles. The lowest BCUT2D eigenvalue weighted by molar-refractivity contribution is 0.0684. The quantitative estimate of drug-likeness (QED) is 0.868. The predicted molar refractivity (Wildman–Crippen MR) is 80.5 cm³/mol. The summed E-state index contributed by atoms with van der Waals surface area (Å²) in [5, 5.41) is 0. The Hall–Kier alpha value is -2.21. The zero-order chi connectivity index (χ0) is 15.2. The monoisotopic (exact) mass is 287 g/mol. The van der Waals surface area contributed by atoms with Crippen molar-refractivity contribution in [2.75, 3.05) is 6.54 Å². The van der Waals surface area contributed by atoms with Crippen molar-refractivity contribution in [3.8, 4) is 0 Å². The van der Waals surface area contributed by atoms with Crippen molar-refractivity contribution in [1.82, 2.24) is 19.4 Å². The van der Waals surface area contributed by atoms with Gasteiger partial charge in [-0.25, -0.2) is 4.98 Å². The van der Waals surface area contributed by atoms with Crippen LogP contribution in [0.5, 0.6) is 0 Å². The topological polar surface area (TPSA) is 77.0 Å². The Morgan fingerprint density at radius 1 is 1.48 bits per heavy atom. The summed E-state index contributed by atoms with van der Waals surface area (Å²) in [5.74, 6) is -0.0791. The molecule has 0 saturated heterocycles. The Kier molecular flexibility index (Phi) is 5.05. The molecule has 2 N–H and O–H groups in total. The molecule has 0 saturated carbocycles. The van der Waals surface area contributed by atoms with Gasteiger partial charge in [-0.15, -0.1) is 0 Å². The number of nitrogens with zero attached hydrogens (tertiary/aromatic N) is 4. The molecule has 0 aliphatic carbocycles. The first-order chi connectivity index (χ1) is 10.1. The second-order valence-electron chi connectivity index (χ2n) is 5.17. The zero-order valence-corrected chi connectivity index (χ0v) is 12.4. The van der Waals surface area contributed by atoms with Crippen LogP contribution in [0.2, 0.25) is 0 Å². The van der Waals surface area contributed by atoms with Crippen molar-refractivity contribution in [1.29, 1.82) is 0 Å². The summed E-state index contributed by atoms with van der Waals surface area (Å²) >= 11 is 0. The third kappa shape index (κ3) is 3.88. The van der Waals surface area contributed by atoms with Gasteiger partial charge in [0.25, 0.3) is 5.91 Å². The minimum absolute atomic E-state index is 0.0791. The van der Waals surface area contributed by atoms with Crippen LogP contribution in [-0.2, 0) is 13.1 Å². The van der Waals surface area contributed by atoms with Gasteiger partial charge in [-0.1, -0.05) is 6.07 Å². The van der Waals surface area contributed by atoms with E-state index in [9.17, 15) is 4.79 Å². The lowest BCUT2D eigenvalue weighted by Crippen LogP contribution is -2.36. The van der Waals surface area contributed by atoms with Crippen LogP contribution in [-0.4, -0.2) is 37.9 Å². The number of imidazole rings is 1. The zero-order valence-electron chi connectivity index (χ0n) is 12.4. The molecule has 2 rings (SSSR count). The van der Waals surface area contributed by atoms with Crippen molar-refractivity contribution in [2.24, 2.45) is 5.73 Å². The molecular weight excluding hydrogens is 266 g/mol. The molecule has 112 valence electrons. The smallest absolute Gasteiger partial charge is 0.274 e. The molecule has 0 spiro atoms. The number of carbonyl (C=O) groups excluding carboxylic acids is 1. The Balaban J connectivity index is 2.15. The van der Waals surface area contributed by atoms with Crippen LogP contribution in [0.25, 0.3) is 0 Å². The highest BCUT2D eigenvalue weighted by molar-refractivity contribution is 5.92. The van der Waals surface area contributed by atoms with Gasteiger partial charge < -0.3 is 15.2 Å². The number of carbonyl (C=O) groups is 1. The van der Waals surface area contributed by atoms with E-state index in [1.165, 1.54) is 0 Å². The van der Waals surface area contributed by atoms with Gasteiger partial charge in [0.1, 0.15) is 5.69 Å². The number of amides is 1. The molecule has 6 nitrogen and oxygen atoms in total. The predicted octanol–water partition coefficient (Wildman–Crippen LogP) is 1.29. The summed E-state index contributed by atoms with van der Waals surface area (Å²) < 4.78 is 1.83. The molecule has 2 aromatic heterocycles. The molecule has 0 aliphatic rings. The molecule has 6 heteroatoms. The van der Waals surface area contributed by atoms with Crippen LogP contribution in [0.1, 0.15) is 29.9 Å². The van der Waals surface area contributed by atoms with Gasteiger partial charge in [-0.2, -0.15) is 0 Å². The third-order valence-electron chi connectivity index (χ3n) is 3.20. The second kappa shape index (κ2) is 6.99. The average Bonchev–Trinajstić information content (AvgIpc) is 2.94. The maximum atomic E-state index is 12.6. The van der Waals surface area contributed by atoms with Crippen LogP contribution >= 0.6 is 0 Å². The van der Waals surface area contributed by atoms with E-state index < -0.39 is 0 Å². The number of rotatable bonds is 6. The number of hydrogen-bond donors (Lipinski definition) is 1. The van der Waals surface area contributed by atoms with Crippen molar-refractivity contribution in [3.05, 3.63) is 48.3 Å². The molecule has 2 heterocycles. The number of nitrogens with two attached hydrogens (primary N) is 1. The van der Waals surface area contributed by atoms with E-state index in [0.29, 0.717) is 25.3 Å². The first-order valence-electron chi connectivity index (χ1n) is 7.03. The van der Waals surface area contributed by atoms with Crippen LogP contribution in [0.15, 0.2) is 37.1 Å². The SMILES string of the molecule is CC(C)N(Cc1cccnc1)C(=O)c1cn(CCN)cn1. The maximum Gasteiger partial charge on any atom is 0.274 e. The minimum atomic E-state index is -0.0791. The van der Waals surface area contributed by atoms with Crippen molar-refractivity contribution in [3.63, 3.8) is 0 Å². The molecule has 2 aromatic rings. The number of aromatic nitrogens is 3. The lowest BCUT2D eigenvalue weighted by atomic mass is 10.2. The molecule has 1 amide bonds. The van der Waals surface area contributed by atoms with Crippen molar-refractivity contribution in [2.45, 2.75) is 33.0 Å². The van der Waals surface area contributed by atoms with Gasteiger partial charge in [0.05, 0.1) is 6.33 Å². The molecule has 0 fully saturated rings. The van der Waals surface area contributed by atoms with Crippen molar-refractivity contribution >= 4 is 5.91 Å². The lowest BCUT2D eigenvalue weighted by Gasteiger charge is -2.26. The largest absolute Gasteiger partial charge is 0.335 e. The van der Waals surface area contributed by atoms with E-state index in [1.54, 1.807) is 29.8 Å². The van der Waals surface area contributed by atoms with Gasteiger partial charge in [-0.3, -0.25) is 9.78 Å². The molecule has 0 unspecified atom stereocenters.